The molecule has 1 unspecified atom stereocenters. The molecule has 4 heteroatoms. The largest absolute Gasteiger partial charge is 0.395 e. The highest BCUT2D eigenvalue weighted by Gasteiger charge is 2.50. The average molecular weight is 268 g/mol. The van der Waals surface area contributed by atoms with Crippen molar-refractivity contribution in [3.8, 4) is 6.07 Å². The second-order valence-electron chi connectivity index (χ2n) is 6.01. The first-order valence-electron chi connectivity index (χ1n) is 7.15. The summed E-state index contributed by atoms with van der Waals surface area (Å²) in [4.78, 5) is 6.76. The number of aryl methyl sites for hydroxylation is 1. The van der Waals surface area contributed by atoms with Gasteiger partial charge in [-0.25, -0.2) is 4.98 Å². The SMILES string of the molecule is C=Cc1cc(C)nc(N2CCC(C#N)(C3CC3)C2)c1N. The molecular formula is C16H20N4. The summed E-state index contributed by atoms with van der Waals surface area (Å²) in [7, 11) is 0. The zero-order valence-electron chi connectivity index (χ0n) is 11.9. The van der Waals surface area contributed by atoms with Crippen LogP contribution in [0.25, 0.3) is 6.08 Å². The third-order valence-electron chi connectivity index (χ3n) is 4.60. The van der Waals surface area contributed by atoms with E-state index in [0.29, 0.717) is 11.6 Å². The Hall–Kier alpha value is -2.02. The number of nitrogens with zero attached hydrogens (tertiary/aromatic N) is 3. The first kappa shape index (κ1) is 13.0. The van der Waals surface area contributed by atoms with E-state index in [1.54, 1.807) is 6.08 Å². The maximum atomic E-state index is 9.57. The van der Waals surface area contributed by atoms with Gasteiger partial charge in [0, 0.05) is 24.3 Å². The van der Waals surface area contributed by atoms with Crippen molar-refractivity contribution in [3.05, 3.63) is 23.9 Å². The van der Waals surface area contributed by atoms with E-state index in [1.165, 1.54) is 12.8 Å². The Morgan fingerprint density at radius 1 is 1.60 bits per heavy atom. The summed E-state index contributed by atoms with van der Waals surface area (Å²) in [5.74, 6) is 1.39. The molecule has 2 heterocycles. The van der Waals surface area contributed by atoms with Crippen molar-refractivity contribution in [2.75, 3.05) is 23.7 Å². The number of nitrogen functional groups attached to an aromatic ring is 1. The Kier molecular flexibility index (Phi) is 2.93. The van der Waals surface area contributed by atoms with Crippen LogP contribution in [0.5, 0.6) is 0 Å². The van der Waals surface area contributed by atoms with Gasteiger partial charge in [0.05, 0.1) is 17.2 Å². The fraction of sp³-hybridized carbons (Fsp3) is 0.500. The van der Waals surface area contributed by atoms with E-state index in [2.05, 4.69) is 22.5 Å². The van der Waals surface area contributed by atoms with E-state index in [-0.39, 0.29) is 5.41 Å². The number of pyridine rings is 1. The Labute approximate surface area is 119 Å². The van der Waals surface area contributed by atoms with Crippen LogP contribution in [-0.2, 0) is 0 Å². The zero-order chi connectivity index (χ0) is 14.3. The number of hydrogen-bond acceptors (Lipinski definition) is 4. The van der Waals surface area contributed by atoms with Gasteiger partial charge in [0.2, 0.25) is 0 Å². The van der Waals surface area contributed by atoms with Gasteiger partial charge in [-0.05, 0) is 38.2 Å². The first-order chi connectivity index (χ1) is 9.59. The summed E-state index contributed by atoms with van der Waals surface area (Å²) in [5, 5.41) is 9.57. The smallest absolute Gasteiger partial charge is 0.152 e. The van der Waals surface area contributed by atoms with E-state index in [1.807, 2.05) is 13.0 Å². The van der Waals surface area contributed by atoms with Crippen molar-refractivity contribution in [1.82, 2.24) is 4.98 Å². The van der Waals surface area contributed by atoms with Gasteiger partial charge in [-0.1, -0.05) is 12.7 Å². The first-order valence-corrected chi connectivity index (χ1v) is 7.15. The topological polar surface area (TPSA) is 65.9 Å². The molecule has 0 radical (unpaired) electrons. The zero-order valence-corrected chi connectivity index (χ0v) is 11.9. The van der Waals surface area contributed by atoms with Gasteiger partial charge in [-0.2, -0.15) is 5.26 Å². The van der Waals surface area contributed by atoms with Gasteiger partial charge in [0.1, 0.15) is 0 Å². The van der Waals surface area contributed by atoms with Crippen LogP contribution in [0.4, 0.5) is 11.5 Å². The second-order valence-corrected chi connectivity index (χ2v) is 6.01. The van der Waals surface area contributed by atoms with E-state index in [9.17, 15) is 5.26 Å². The number of nitriles is 1. The summed E-state index contributed by atoms with van der Waals surface area (Å²) in [6.45, 7) is 7.39. The molecule has 1 aromatic heterocycles. The minimum atomic E-state index is -0.188. The van der Waals surface area contributed by atoms with Crippen LogP contribution in [0.2, 0.25) is 0 Å². The molecule has 1 aromatic rings. The summed E-state index contributed by atoms with van der Waals surface area (Å²) in [6.07, 6.45) is 5.07. The minimum absolute atomic E-state index is 0.188. The van der Waals surface area contributed by atoms with Crippen LogP contribution in [0, 0.1) is 29.6 Å². The van der Waals surface area contributed by atoms with Gasteiger partial charge in [0.25, 0.3) is 0 Å². The van der Waals surface area contributed by atoms with Gasteiger partial charge in [-0.3, -0.25) is 0 Å². The molecule has 20 heavy (non-hydrogen) atoms. The third-order valence-corrected chi connectivity index (χ3v) is 4.60. The van der Waals surface area contributed by atoms with E-state index in [0.717, 1.165) is 36.6 Å². The predicted octanol–water partition coefficient (Wildman–Crippen LogP) is 2.75. The molecule has 0 amide bonds. The lowest BCUT2D eigenvalue weighted by atomic mass is 9.83. The van der Waals surface area contributed by atoms with Gasteiger partial charge in [0.15, 0.2) is 5.82 Å². The Morgan fingerprint density at radius 2 is 2.35 bits per heavy atom. The van der Waals surface area contributed by atoms with E-state index in [4.69, 9.17) is 5.73 Å². The summed E-state index contributed by atoms with van der Waals surface area (Å²) >= 11 is 0. The van der Waals surface area contributed by atoms with E-state index < -0.39 is 0 Å². The molecule has 1 aliphatic heterocycles. The molecule has 0 aromatic carbocycles. The van der Waals surface area contributed by atoms with Gasteiger partial charge >= 0.3 is 0 Å². The molecule has 3 rings (SSSR count). The average Bonchev–Trinajstić information content (AvgIpc) is 3.22. The number of rotatable bonds is 3. The molecule has 2 fully saturated rings. The van der Waals surface area contributed by atoms with Crippen molar-refractivity contribution in [3.63, 3.8) is 0 Å². The van der Waals surface area contributed by atoms with Crippen LogP contribution < -0.4 is 10.6 Å². The second kappa shape index (κ2) is 4.52. The number of nitrogens with two attached hydrogens (primary N) is 1. The van der Waals surface area contributed by atoms with Gasteiger partial charge in [-0.15, -0.1) is 0 Å². The summed E-state index contributed by atoms with van der Waals surface area (Å²) in [6, 6.07) is 4.52. The van der Waals surface area contributed by atoms with Crippen LogP contribution in [0.3, 0.4) is 0 Å². The van der Waals surface area contributed by atoms with Crippen molar-refractivity contribution < 1.29 is 0 Å². The molecule has 1 atom stereocenters. The highest BCUT2D eigenvalue weighted by atomic mass is 15.2. The molecule has 104 valence electrons. The van der Waals surface area contributed by atoms with Crippen molar-refractivity contribution >= 4 is 17.6 Å². The highest BCUT2D eigenvalue weighted by Crippen LogP contribution is 2.51. The lowest BCUT2D eigenvalue weighted by Crippen LogP contribution is -2.29. The Balaban J connectivity index is 1.93. The molecule has 0 bridgehead atoms. The van der Waals surface area contributed by atoms with Crippen LogP contribution in [-0.4, -0.2) is 18.1 Å². The fourth-order valence-electron chi connectivity index (χ4n) is 3.27. The van der Waals surface area contributed by atoms with E-state index >= 15 is 0 Å². The normalized spacial score (nSPS) is 25.5. The Morgan fingerprint density at radius 3 is 2.95 bits per heavy atom. The number of anilines is 2. The van der Waals surface area contributed by atoms with Crippen molar-refractivity contribution in [1.29, 1.82) is 5.26 Å². The molecule has 1 saturated carbocycles. The number of aromatic nitrogens is 1. The molecule has 4 nitrogen and oxygen atoms in total. The standard InChI is InChI=1S/C16H20N4/c1-3-12-8-11(2)19-15(14(12)18)20-7-6-16(9-17,10-20)13-4-5-13/h3,8,13H,1,4-7,10,18H2,2H3. The quantitative estimate of drug-likeness (QED) is 0.915. The fourth-order valence-corrected chi connectivity index (χ4v) is 3.27. The molecular weight excluding hydrogens is 248 g/mol. The van der Waals surface area contributed by atoms with Crippen LogP contribution in [0.15, 0.2) is 12.6 Å². The summed E-state index contributed by atoms with van der Waals surface area (Å²) in [5.41, 5.74) is 8.55. The monoisotopic (exact) mass is 268 g/mol. The Bertz CT molecular complexity index is 597. The molecule has 2 N–H and O–H groups in total. The van der Waals surface area contributed by atoms with Crippen molar-refractivity contribution in [2.45, 2.75) is 26.2 Å². The molecule has 0 spiro atoms. The predicted molar refractivity (Wildman–Crippen MR) is 81.1 cm³/mol. The third kappa shape index (κ3) is 1.94. The maximum absolute atomic E-state index is 9.57. The summed E-state index contributed by atoms with van der Waals surface area (Å²) < 4.78 is 0. The highest BCUT2D eigenvalue weighted by molar-refractivity contribution is 5.75. The minimum Gasteiger partial charge on any atom is -0.395 e. The van der Waals surface area contributed by atoms with Crippen LogP contribution >= 0.6 is 0 Å². The lowest BCUT2D eigenvalue weighted by molar-refractivity contribution is 0.383. The molecule has 2 aliphatic rings. The maximum Gasteiger partial charge on any atom is 0.152 e. The molecule has 1 saturated heterocycles. The van der Waals surface area contributed by atoms with Crippen LogP contribution in [0.1, 0.15) is 30.5 Å². The number of hydrogen-bond donors (Lipinski definition) is 1. The van der Waals surface area contributed by atoms with Gasteiger partial charge < -0.3 is 10.6 Å². The molecule has 1 aliphatic carbocycles. The lowest BCUT2D eigenvalue weighted by Gasteiger charge is -2.24. The van der Waals surface area contributed by atoms with Crippen molar-refractivity contribution in [2.24, 2.45) is 11.3 Å².